The van der Waals surface area contributed by atoms with Gasteiger partial charge >= 0.3 is 0 Å². The standard InChI is InChI=1S/C9H7ClO2/c1-6-4-7-5-8(12-10)2-3-9(7)11-6/h2-5H,1H3. The molecule has 0 aliphatic heterocycles. The third-order valence-corrected chi connectivity index (χ3v) is 1.88. The van der Waals surface area contributed by atoms with Crippen LogP contribution in [0.15, 0.2) is 28.7 Å². The summed E-state index contributed by atoms with van der Waals surface area (Å²) in [6, 6.07) is 7.37. The molecular formula is C9H7ClO2. The van der Waals surface area contributed by atoms with Crippen LogP contribution in [-0.2, 0) is 0 Å². The van der Waals surface area contributed by atoms with Crippen molar-refractivity contribution in [2.45, 2.75) is 6.92 Å². The van der Waals surface area contributed by atoms with Crippen LogP contribution >= 0.6 is 11.9 Å². The summed E-state index contributed by atoms with van der Waals surface area (Å²) in [5.74, 6) is 1.52. The Morgan fingerprint density at radius 1 is 1.33 bits per heavy atom. The van der Waals surface area contributed by atoms with Gasteiger partial charge in [0.15, 0.2) is 0 Å². The third kappa shape index (κ3) is 1.14. The highest BCUT2D eigenvalue weighted by atomic mass is 35.5. The molecule has 62 valence electrons. The fourth-order valence-corrected chi connectivity index (χ4v) is 1.30. The zero-order valence-corrected chi connectivity index (χ0v) is 7.26. The molecule has 3 heteroatoms. The van der Waals surface area contributed by atoms with Crippen LogP contribution in [0.5, 0.6) is 5.75 Å². The Hall–Kier alpha value is -1.15. The van der Waals surface area contributed by atoms with Crippen LogP contribution < -0.4 is 4.29 Å². The Balaban J connectivity index is 2.66. The summed E-state index contributed by atoms with van der Waals surface area (Å²) >= 11 is 5.20. The second-order valence-corrected chi connectivity index (χ2v) is 2.79. The number of fused-ring (bicyclic) bond motifs is 1. The third-order valence-electron chi connectivity index (χ3n) is 1.70. The van der Waals surface area contributed by atoms with Gasteiger partial charge in [0.1, 0.15) is 29.0 Å². The van der Waals surface area contributed by atoms with Crippen molar-refractivity contribution in [2.24, 2.45) is 0 Å². The van der Waals surface area contributed by atoms with Crippen LogP contribution in [0.1, 0.15) is 5.76 Å². The van der Waals surface area contributed by atoms with Crippen LogP contribution in [0.2, 0.25) is 0 Å². The van der Waals surface area contributed by atoms with E-state index in [0.29, 0.717) is 5.75 Å². The minimum absolute atomic E-state index is 0.630. The maximum atomic E-state index is 5.37. The van der Waals surface area contributed by atoms with Crippen molar-refractivity contribution in [3.63, 3.8) is 0 Å². The topological polar surface area (TPSA) is 22.4 Å². The molecule has 0 saturated carbocycles. The molecule has 0 amide bonds. The highest BCUT2D eigenvalue weighted by molar-refractivity contribution is 6.09. The molecule has 0 N–H and O–H groups in total. The molecule has 0 fully saturated rings. The highest BCUT2D eigenvalue weighted by Crippen LogP contribution is 2.24. The van der Waals surface area contributed by atoms with Crippen molar-refractivity contribution in [2.75, 3.05) is 0 Å². The van der Waals surface area contributed by atoms with E-state index in [1.54, 1.807) is 6.07 Å². The largest absolute Gasteiger partial charge is 0.461 e. The Morgan fingerprint density at radius 3 is 2.92 bits per heavy atom. The van der Waals surface area contributed by atoms with Gasteiger partial charge in [-0.3, -0.25) is 0 Å². The summed E-state index contributed by atoms with van der Waals surface area (Å²) in [7, 11) is 0. The first kappa shape index (κ1) is 7.50. The van der Waals surface area contributed by atoms with Gasteiger partial charge in [0.05, 0.1) is 0 Å². The van der Waals surface area contributed by atoms with Gasteiger partial charge in [0.25, 0.3) is 0 Å². The number of halogens is 1. The SMILES string of the molecule is Cc1cc2cc(OCl)ccc2o1. The molecule has 2 rings (SSSR count). The Morgan fingerprint density at radius 2 is 2.17 bits per heavy atom. The highest BCUT2D eigenvalue weighted by Gasteiger charge is 2.01. The smallest absolute Gasteiger partial charge is 0.147 e. The molecule has 0 spiro atoms. The molecule has 2 aromatic rings. The van der Waals surface area contributed by atoms with Crippen molar-refractivity contribution in [3.8, 4) is 5.75 Å². The second-order valence-electron chi connectivity index (χ2n) is 2.63. The zero-order valence-electron chi connectivity index (χ0n) is 6.50. The molecule has 0 aliphatic carbocycles. The van der Waals surface area contributed by atoms with E-state index < -0.39 is 0 Å². The molecule has 0 bridgehead atoms. The normalized spacial score (nSPS) is 10.5. The first-order valence-corrected chi connectivity index (χ1v) is 3.89. The Labute approximate surface area is 74.9 Å². The summed E-state index contributed by atoms with van der Waals surface area (Å²) in [5, 5.41) is 1.01. The maximum absolute atomic E-state index is 5.37. The van der Waals surface area contributed by atoms with Gasteiger partial charge in [0.2, 0.25) is 0 Å². The van der Waals surface area contributed by atoms with Crippen LogP contribution in [-0.4, -0.2) is 0 Å². The monoisotopic (exact) mass is 182 g/mol. The lowest BCUT2D eigenvalue weighted by atomic mass is 10.2. The van der Waals surface area contributed by atoms with E-state index in [0.717, 1.165) is 16.7 Å². The number of benzene rings is 1. The van der Waals surface area contributed by atoms with Gasteiger partial charge in [0, 0.05) is 5.39 Å². The first-order chi connectivity index (χ1) is 5.79. The van der Waals surface area contributed by atoms with E-state index >= 15 is 0 Å². The van der Waals surface area contributed by atoms with Gasteiger partial charge in [-0.05, 0) is 31.2 Å². The van der Waals surface area contributed by atoms with Crippen molar-refractivity contribution in [1.29, 1.82) is 0 Å². The lowest BCUT2D eigenvalue weighted by Crippen LogP contribution is -1.72. The first-order valence-electron chi connectivity index (χ1n) is 3.58. The number of aryl methyl sites for hydroxylation is 1. The molecule has 0 aliphatic rings. The molecular weight excluding hydrogens is 176 g/mol. The summed E-state index contributed by atoms with van der Waals surface area (Å²) in [4.78, 5) is 0. The van der Waals surface area contributed by atoms with Crippen molar-refractivity contribution >= 4 is 22.8 Å². The lowest BCUT2D eigenvalue weighted by molar-refractivity contribution is 0.577. The van der Waals surface area contributed by atoms with Gasteiger partial charge in [-0.2, -0.15) is 0 Å². The molecule has 1 aromatic carbocycles. The summed E-state index contributed by atoms with van der Waals surface area (Å²) in [6.07, 6.45) is 0. The Bertz CT molecular complexity index is 406. The average molecular weight is 183 g/mol. The summed E-state index contributed by atoms with van der Waals surface area (Å²) in [5.41, 5.74) is 0.852. The van der Waals surface area contributed by atoms with Gasteiger partial charge in [-0.25, -0.2) is 0 Å². The van der Waals surface area contributed by atoms with Crippen LogP contribution in [0.4, 0.5) is 0 Å². The zero-order chi connectivity index (χ0) is 8.55. The predicted octanol–water partition coefficient (Wildman–Crippen LogP) is 3.27. The van der Waals surface area contributed by atoms with E-state index in [1.165, 1.54) is 0 Å². The summed E-state index contributed by atoms with van der Waals surface area (Å²) < 4.78 is 9.93. The molecule has 0 atom stereocenters. The number of furan rings is 1. The second kappa shape index (κ2) is 2.72. The number of rotatable bonds is 1. The fourth-order valence-electron chi connectivity index (χ4n) is 1.20. The molecule has 0 unspecified atom stereocenters. The number of hydrogen-bond acceptors (Lipinski definition) is 2. The van der Waals surface area contributed by atoms with Gasteiger partial charge in [-0.1, -0.05) is 0 Å². The molecule has 0 radical (unpaired) electrons. The molecule has 1 aromatic heterocycles. The molecule has 12 heavy (non-hydrogen) atoms. The van der Waals surface area contributed by atoms with Crippen LogP contribution in [0.25, 0.3) is 11.0 Å². The van der Waals surface area contributed by atoms with Gasteiger partial charge < -0.3 is 8.71 Å². The quantitative estimate of drug-likeness (QED) is 0.676. The van der Waals surface area contributed by atoms with Crippen LogP contribution in [0.3, 0.4) is 0 Å². The molecule has 0 saturated heterocycles. The number of hydrogen-bond donors (Lipinski definition) is 0. The Kier molecular flexibility index (Phi) is 1.70. The van der Waals surface area contributed by atoms with E-state index in [-0.39, 0.29) is 0 Å². The van der Waals surface area contributed by atoms with E-state index in [2.05, 4.69) is 4.29 Å². The maximum Gasteiger partial charge on any atom is 0.147 e. The lowest BCUT2D eigenvalue weighted by Gasteiger charge is -1.93. The fraction of sp³-hybridized carbons (Fsp3) is 0.111. The van der Waals surface area contributed by atoms with Gasteiger partial charge in [-0.15, -0.1) is 0 Å². The van der Waals surface area contributed by atoms with E-state index in [4.69, 9.17) is 16.3 Å². The average Bonchev–Trinajstić information content (AvgIpc) is 2.43. The summed E-state index contributed by atoms with van der Waals surface area (Å²) in [6.45, 7) is 1.90. The minimum atomic E-state index is 0.630. The van der Waals surface area contributed by atoms with Crippen molar-refractivity contribution < 1.29 is 8.71 Å². The van der Waals surface area contributed by atoms with Crippen molar-refractivity contribution in [1.82, 2.24) is 0 Å². The van der Waals surface area contributed by atoms with E-state index in [1.807, 2.05) is 25.1 Å². The van der Waals surface area contributed by atoms with E-state index in [9.17, 15) is 0 Å². The molecule has 1 heterocycles. The van der Waals surface area contributed by atoms with Crippen LogP contribution in [0, 0.1) is 6.92 Å². The minimum Gasteiger partial charge on any atom is -0.461 e. The van der Waals surface area contributed by atoms with Crippen molar-refractivity contribution in [3.05, 3.63) is 30.0 Å². The molecule has 2 nitrogen and oxygen atoms in total. The predicted molar refractivity (Wildman–Crippen MR) is 47.4 cm³/mol.